The van der Waals surface area contributed by atoms with Crippen molar-refractivity contribution in [2.75, 3.05) is 5.32 Å². The van der Waals surface area contributed by atoms with E-state index in [9.17, 15) is 5.11 Å². The van der Waals surface area contributed by atoms with E-state index in [0.717, 1.165) is 22.5 Å². The second-order valence-electron chi connectivity index (χ2n) is 6.02. The van der Waals surface area contributed by atoms with E-state index < -0.39 is 0 Å². The summed E-state index contributed by atoms with van der Waals surface area (Å²) >= 11 is 0. The van der Waals surface area contributed by atoms with Crippen molar-refractivity contribution in [2.45, 2.75) is 45.1 Å². The Kier molecular flexibility index (Phi) is 3.77. The summed E-state index contributed by atoms with van der Waals surface area (Å²) in [6, 6.07) is 7.94. The van der Waals surface area contributed by atoms with Gasteiger partial charge in [-0.25, -0.2) is 4.98 Å². The maximum atomic E-state index is 9.68. The number of fused-ring (bicyclic) bond motifs is 1. The van der Waals surface area contributed by atoms with Gasteiger partial charge in [0.25, 0.3) is 0 Å². The van der Waals surface area contributed by atoms with E-state index in [2.05, 4.69) is 17.2 Å². The van der Waals surface area contributed by atoms with Crippen molar-refractivity contribution in [3.8, 4) is 5.75 Å². The van der Waals surface area contributed by atoms with Crippen molar-refractivity contribution < 1.29 is 5.11 Å². The SMILES string of the molecule is CC1CCCC(Nc2nccc3ccc(O)cc23)CC1. The molecule has 0 radical (unpaired) electrons. The van der Waals surface area contributed by atoms with Crippen LogP contribution in [0.15, 0.2) is 30.5 Å². The largest absolute Gasteiger partial charge is 0.508 e. The third kappa shape index (κ3) is 2.87. The summed E-state index contributed by atoms with van der Waals surface area (Å²) in [5, 5.41) is 15.4. The number of nitrogens with zero attached hydrogens (tertiary/aromatic N) is 1. The van der Waals surface area contributed by atoms with Crippen molar-refractivity contribution in [3.05, 3.63) is 30.5 Å². The van der Waals surface area contributed by atoms with Crippen LogP contribution in [-0.2, 0) is 0 Å². The van der Waals surface area contributed by atoms with Gasteiger partial charge in [-0.2, -0.15) is 0 Å². The highest BCUT2D eigenvalue weighted by molar-refractivity contribution is 5.92. The van der Waals surface area contributed by atoms with E-state index in [1.54, 1.807) is 12.1 Å². The highest BCUT2D eigenvalue weighted by Gasteiger charge is 2.17. The van der Waals surface area contributed by atoms with E-state index in [1.165, 1.54) is 32.1 Å². The van der Waals surface area contributed by atoms with Crippen LogP contribution >= 0.6 is 0 Å². The number of aromatic nitrogens is 1. The van der Waals surface area contributed by atoms with Crippen molar-refractivity contribution in [2.24, 2.45) is 5.92 Å². The lowest BCUT2D eigenvalue weighted by molar-refractivity contribution is 0.476. The standard InChI is InChI=1S/C17H22N2O/c1-12-3-2-4-14(7-5-12)19-17-16-11-15(20)8-6-13(16)9-10-18-17/h6,8-12,14,20H,2-5,7H2,1H3,(H,18,19). The summed E-state index contributed by atoms with van der Waals surface area (Å²) in [5.41, 5.74) is 0. The molecule has 3 nitrogen and oxygen atoms in total. The minimum Gasteiger partial charge on any atom is -0.508 e. The lowest BCUT2D eigenvalue weighted by Gasteiger charge is -2.18. The van der Waals surface area contributed by atoms with E-state index in [0.29, 0.717) is 11.8 Å². The smallest absolute Gasteiger partial charge is 0.134 e. The zero-order valence-electron chi connectivity index (χ0n) is 12.0. The molecule has 1 aromatic carbocycles. The molecular weight excluding hydrogens is 248 g/mol. The van der Waals surface area contributed by atoms with Crippen LogP contribution in [0.4, 0.5) is 5.82 Å². The topological polar surface area (TPSA) is 45.2 Å². The molecule has 0 amide bonds. The predicted octanol–water partition coefficient (Wildman–Crippen LogP) is 4.32. The molecule has 0 bridgehead atoms. The number of phenols is 1. The molecule has 1 aliphatic carbocycles. The summed E-state index contributed by atoms with van der Waals surface area (Å²) in [7, 11) is 0. The summed E-state index contributed by atoms with van der Waals surface area (Å²) in [5.74, 6) is 2.03. The van der Waals surface area contributed by atoms with E-state index in [1.807, 2.05) is 18.3 Å². The molecule has 1 aliphatic rings. The fraction of sp³-hybridized carbons (Fsp3) is 0.471. The Morgan fingerprint density at radius 2 is 2.05 bits per heavy atom. The Labute approximate surface area is 120 Å². The van der Waals surface area contributed by atoms with E-state index in [-0.39, 0.29) is 0 Å². The van der Waals surface area contributed by atoms with Crippen LogP contribution in [0.3, 0.4) is 0 Å². The molecule has 1 saturated carbocycles. The lowest BCUT2D eigenvalue weighted by atomic mass is 10.0. The molecular formula is C17H22N2O. The van der Waals surface area contributed by atoms with Gasteiger partial charge in [0.15, 0.2) is 0 Å². The normalized spacial score (nSPS) is 23.4. The lowest BCUT2D eigenvalue weighted by Crippen LogP contribution is -2.19. The molecule has 2 atom stereocenters. The average molecular weight is 270 g/mol. The zero-order chi connectivity index (χ0) is 13.9. The Morgan fingerprint density at radius 1 is 1.15 bits per heavy atom. The minimum absolute atomic E-state index is 0.294. The Morgan fingerprint density at radius 3 is 2.95 bits per heavy atom. The second-order valence-corrected chi connectivity index (χ2v) is 6.02. The molecule has 2 N–H and O–H groups in total. The molecule has 2 unspecified atom stereocenters. The van der Waals surface area contributed by atoms with Gasteiger partial charge in [-0.3, -0.25) is 0 Å². The Bertz CT molecular complexity index is 597. The summed E-state index contributed by atoms with van der Waals surface area (Å²) in [4.78, 5) is 4.47. The molecule has 106 valence electrons. The molecule has 1 aromatic heterocycles. The molecule has 0 aliphatic heterocycles. The first kappa shape index (κ1) is 13.2. The number of pyridine rings is 1. The highest BCUT2D eigenvalue weighted by atomic mass is 16.3. The number of anilines is 1. The van der Waals surface area contributed by atoms with Gasteiger partial charge in [-0.1, -0.05) is 25.8 Å². The molecule has 3 rings (SSSR count). The maximum absolute atomic E-state index is 9.68. The fourth-order valence-electron chi connectivity index (χ4n) is 3.10. The van der Waals surface area contributed by atoms with Crippen molar-refractivity contribution in [3.63, 3.8) is 0 Å². The first-order valence-corrected chi connectivity index (χ1v) is 7.56. The van der Waals surface area contributed by atoms with Gasteiger partial charge in [0.1, 0.15) is 11.6 Å². The van der Waals surface area contributed by atoms with E-state index >= 15 is 0 Å². The van der Waals surface area contributed by atoms with Gasteiger partial charge >= 0.3 is 0 Å². The maximum Gasteiger partial charge on any atom is 0.134 e. The van der Waals surface area contributed by atoms with Gasteiger partial charge < -0.3 is 10.4 Å². The van der Waals surface area contributed by atoms with Crippen LogP contribution < -0.4 is 5.32 Å². The second kappa shape index (κ2) is 5.70. The summed E-state index contributed by atoms with van der Waals surface area (Å²) in [6.07, 6.45) is 8.16. The minimum atomic E-state index is 0.294. The summed E-state index contributed by atoms with van der Waals surface area (Å²) in [6.45, 7) is 2.34. The van der Waals surface area contributed by atoms with Crippen LogP contribution in [0, 0.1) is 5.92 Å². The van der Waals surface area contributed by atoms with Crippen LogP contribution in [0.2, 0.25) is 0 Å². The molecule has 20 heavy (non-hydrogen) atoms. The number of hydrogen-bond donors (Lipinski definition) is 2. The predicted molar refractivity (Wildman–Crippen MR) is 83.1 cm³/mol. The number of phenolic OH excluding ortho intramolecular Hbond substituents is 1. The molecule has 3 heteroatoms. The monoisotopic (exact) mass is 270 g/mol. The van der Waals surface area contributed by atoms with Gasteiger partial charge in [0, 0.05) is 17.6 Å². The Balaban J connectivity index is 1.85. The number of nitrogens with one attached hydrogen (secondary N) is 1. The van der Waals surface area contributed by atoms with Crippen molar-refractivity contribution in [1.29, 1.82) is 0 Å². The quantitative estimate of drug-likeness (QED) is 0.799. The first-order valence-electron chi connectivity index (χ1n) is 7.56. The van der Waals surface area contributed by atoms with Crippen LogP contribution in [-0.4, -0.2) is 16.1 Å². The third-order valence-electron chi connectivity index (χ3n) is 4.35. The number of rotatable bonds is 2. The van der Waals surface area contributed by atoms with Gasteiger partial charge in [-0.05, 0) is 48.8 Å². The number of hydrogen-bond acceptors (Lipinski definition) is 3. The summed E-state index contributed by atoms with van der Waals surface area (Å²) < 4.78 is 0. The highest BCUT2D eigenvalue weighted by Crippen LogP contribution is 2.29. The van der Waals surface area contributed by atoms with Crippen LogP contribution in [0.1, 0.15) is 39.0 Å². The van der Waals surface area contributed by atoms with E-state index in [4.69, 9.17) is 0 Å². The number of aromatic hydroxyl groups is 1. The zero-order valence-corrected chi connectivity index (χ0v) is 12.0. The van der Waals surface area contributed by atoms with Gasteiger partial charge in [0.2, 0.25) is 0 Å². The molecule has 1 heterocycles. The Hall–Kier alpha value is -1.77. The molecule has 2 aromatic rings. The number of benzene rings is 1. The van der Waals surface area contributed by atoms with Crippen molar-refractivity contribution in [1.82, 2.24) is 4.98 Å². The molecule has 0 spiro atoms. The first-order chi connectivity index (χ1) is 9.72. The van der Waals surface area contributed by atoms with Gasteiger partial charge in [-0.15, -0.1) is 0 Å². The molecule has 0 saturated heterocycles. The third-order valence-corrected chi connectivity index (χ3v) is 4.35. The van der Waals surface area contributed by atoms with Crippen LogP contribution in [0.5, 0.6) is 5.75 Å². The van der Waals surface area contributed by atoms with Crippen LogP contribution in [0.25, 0.3) is 10.8 Å². The average Bonchev–Trinajstić information content (AvgIpc) is 2.64. The van der Waals surface area contributed by atoms with Crippen molar-refractivity contribution >= 4 is 16.6 Å². The fourth-order valence-corrected chi connectivity index (χ4v) is 3.10. The molecule has 1 fully saturated rings. The van der Waals surface area contributed by atoms with Gasteiger partial charge in [0.05, 0.1) is 0 Å².